The summed E-state index contributed by atoms with van der Waals surface area (Å²) < 4.78 is 22.7. The molecule has 10 heteroatoms. The van der Waals surface area contributed by atoms with Crippen molar-refractivity contribution in [3.05, 3.63) is 65.0 Å². The Morgan fingerprint density at radius 1 is 1.09 bits per heavy atom. The van der Waals surface area contributed by atoms with Gasteiger partial charge in [-0.15, -0.1) is 11.3 Å². The van der Waals surface area contributed by atoms with Gasteiger partial charge < -0.3 is 10.4 Å². The van der Waals surface area contributed by atoms with Gasteiger partial charge in [-0.3, -0.25) is 5.43 Å². The molecule has 0 spiro atoms. The molecule has 0 atom stereocenters. The van der Waals surface area contributed by atoms with Gasteiger partial charge in [-0.1, -0.05) is 45.0 Å². The summed E-state index contributed by atoms with van der Waals surface area (Å²) in [4.78, 5) is 0.785. The standard InChI is InChI=1S/C23H26N4O3S3/c1-14(26-27-22(31)25-17-9-11-18(12-10-17)33(24,29)30)19-13-32-21(20(19)28)15-5-7-16(8-6-15)23(2,3)4/h5-13,28H,1-4H3,(H2,24,29,30)(H2,25,27,31)/b26-14+. The molecule has 174 valence electrons. The van der Waals surface area contributed by atoms with E-state index in [1.807, 2.05) is 17.5 Å². The number of benzene rings is 2. The van der Waals surface area contributed by atoms with Crippen molar-refractivity contribution < 1.29 is 13.5 Å². The molecule has 0 unspecified atom stereocenters. The number of anilines is 1. The van der Waals surface area contributed by atoms with Gasteiger partial charge in [-0.05, 0) is 59.9 Å². The average molecular weight is 503 g/mol. The van der Waals surface area contributed by atoms with Crippen molar-refractivity contribution in [1.82, 2.24) is 5.43 Å². The second-order valence-corrected chi connectivity index (χ2v) is 11.3. The normalized spacial score (nSPS) is 12.5. The molecule has 5 N–H and O–H groups in total. The van der Waals surface area contributed by atoms with Crippen molar-refractivity contribution in [2.24, 2.45) is 10.2 Å². The van der Waals surface area contributed by atoms with Crippen LogP contribution in [-0.2, 0) is 15.4 Å². The lowest BCUT2D eigenvalue weighted by molar-refractivity contribution is 0.478. The number of nitrogens with zero attached hydrogens (tertiary/aromatic N) is 1. The minimum Gasteiger partial charge on any atom is -0.506 e. The zero-order valence-electron chi connectivity index (χ0n) is 18.7. The highest BCUT2D eigenvalue weighted by Crippen LogP contribution is 2.39. The van der Waals surface area contributed by atoms with E-state index in [4.69, 9.17) is 17.4 Å². The summed E-state index contributed by atoms with van der Waals surface area (Å²) in [6, 6.07) is 14.0. The summed E-state index contributed by atoms with van der Waals surface area (Å²) in [6.07, 6.45) is 0. The Morgan fingerprint density at radius 2 is 1.70 bits per heavy atom. The van der Waals surface area contributed by atoms with E-state index in [0.717, 1.165) is 10.4 Å². The minimum absolute atomic E-state index is 0.0116. The number of sulfonamides is 1. The van der Waals surface area contributed by atoms with E-state index in [2.05, 4.69) is 48.7 Å². The molecule has 0 saturated carbocycles. The topological polar surface area (TPSA) is 117 Å². The van der Waals surface area contributed by atoms with Gasteiger partial charge in [-0.2, -0.15) is 5.10 Å². The molecule has 0 aliphatic carbocycles. The Labute approximate surface area is 203 Å². The fourth-order valence-corrected chi connectivity index (χ4v) is 4.71. The summed E-state index contributed by atoms with van der Waals surface area (Å²) in [6.45, 7) is 8.25. The van der Waals surface area contributed by atoms with Crippen LogP contribution in [0.5, 0.6) is 5.75 Å². The summed E-state index contributed by atoms with van der Waals surface area (Å²) in [5.74, 6) is 0.170. The van der Waals surface area contributed by atoms with E-state index in [0.29, 0.717) is 17.0 Å². The first-order valence-corrected chi connectivity index (χ1v) is 12.9. The zero-order valence-corrected chi connectivity index (χ0v) is 21.2. The molecule has 3 aromatic rings. The number of hydrogen-bond acceptors (Lipinski definition) is 6. The molecular weight excluding hydrogens is 476 g/mol. The van der Waals surface area contributed by atoms with Crippen LogP contribution in [0, 0.1) is 0 Å². The molecule has 0 radical (unpaired) electrons. The van der Waals surface area contributed by atoms with Gasteiger partial charge in [0.05, 0.1) is 21.0 Å². The van der Waals surface area contributed by atoms with Crippen molar-refractivity contribution >= 4 is 50.1 Å². The molecule has 0 aliphatic rings. The van der Waals surface area contributed by atoms with Crippen LogP contribution < -0.4 is 15.9 Å². The molecule has 0 aliphatic heterocycles. The van der Waals surface area contributed by atoms with E-state index < -0.39 is 10.0 Å². The lowest BCUT2D eigenvalue weighted by Crippen LogP contribution is -2.25. The van der Waals surface area contributed by atoms with Gasteiger partial charge in [0.25, 0.3) is 0 Å². The second kappa shape index (κ2) is 9.60. The summed E-state index contributed by atoms with van der Waals surface area (Å²) >= 11 is 6.68. The fraction of sp³-hybridized carbons (Fsp3) is 0.217. The highest BCUT2D eigenvalue weighted by atomic mass is 32.2. The number of rotatable bonds is 5. The van der Waals surface area contributed by atoms with Gasteiger partial charge >= 0.3 is 0 Å². The smallest absolute Gasteiger partial charge is 0.238 e. The van der Waals surface area contributed by atoms with Crippen molar-refractivity contribution in [2.45, 2.75) is 38.0 Å². The predicted molar refractivity (Wildman–Crippen MR) is 140 cm³/mol. The second-order valence-electron chi connectivity index (χ2n) is 8.49. The zero-order chi connectivity index (χ0) is 24.4. The number of primary sulfonamides is 1. The van der Waals surface area contributed by atoms with Crippen LogP contribution in [0.4, 0.5) is 5.69 Å². The van der Waals surface area contributed by atoms with Gasteiger partial charge in [0.15, 0.2) is 5.11 Å². The van der Waals surface area contributed by atoms with Crippen LogP contribution in [0.1, 0.15) is 38.8 Å². The number of nitrogens with two attached hydrogens (primary N) is 1. The summed E-state index contributed by atoms with van der Waals surface area (Å²) in [5.41, 5.74) is 6.72. The number of thiocarbonyl (C=S) groups is 1. The number of hydrogen-bond donors (Lipinski definition) is 4. The van der Waals surface area contributed by atoms with Crippen LogP contribution in [0.15, 0.2) is 63.9 Å². The molecule has 1 heterocycles. The Bertz CT molecular complexity index is 1290. The van der Waals surface area contributed by atoms with Crippen LogP contribution >= 0.6 is 23.6 Å². The number of hydrazone groups is 1. The number of thiophene rings is 1. The molecule has 2 aromatic carbocycles. The molecule has 7 nitrogen and oxygen atoms in total. The first kappa shape index (κ1) is 24.8. The first-order valence-electron chi connectivity index (χ1n) is 10.0. The van der Waals surface area contributed by atoms with E-state index in [1.54, 1.807) is 19.1 Å². The maximum atomic E-state index is 11.3. The number of aromatic hydroxyl groups is 1. The Kier molecular flexibility index (Phi) is 7.23. The number of nitrogens with one attached hydrogen (secondary N) is 2. The van der Waals surface area contributed by atoms with Gasteiger partial charge in [-0.25, -0.2) is 13.6 Å². The quantitative estimate of drug-likeness (QED) is 0.227. The van der Waals surface area contributed by atoms with E-state index >= 15 is 0 Å². The molecule has 0 bridgehead atoms. The van der Waals surface area contributed by atoms with Crippen molar-refractivity contribution in [3.63, 3.8) is 0 Å². The van der Waals surface area contributed by atoms with Crippen LogP contribution in [0.3, 0.4) is 0 Å². The van der Waals surface area contributed by atoms with Crippen molar-refractivity contribution in [2.75, 3.05) is 5.32 Å². The average Bonchev–Trinajstić information content (AvgIpc) is 3.12. The van der Waals surface area contributed by atoms with E-state index in [-0.39, 0.29) is 21.2 Å². The highest BCUT2D eigenvalue weighted by Gasteiger charge is 2.17. The van der Waals surface area contributed by atoms with Crippen LogP contribution in [-0.4, -0.2) is 24.3 Å². The Morgan fingerprint density at radius 3 is 2.24 bits per heavy atom. The van der Waals surface area contributed by atoms with Crippen molar-refractivity contribution in [1.29, 1.82) is 0 Å². The molecule has 0 amide bonds. The highest BCUT2D eigenvalue weighted by molar-refractivity contribution is 7.89. The lowest BCUT2D eigenvalue weighted by Gasteiger charge is -2.19. The van der Waals surface area contributed by atoms with Crippen molar-refractivity contribution in [3.8, 4) is 16.2 Å². The Balaban J connectivity index is 1.69. The SMILES string of the molecule is C/C(=N\NC(=S)Nc1ccc(S(N)(=O)=O)cc1)c1csc(-c2ccc(C(C)(C)C)cc2)c1O. The van der Waals surface area contributed by atoms with Gasteiger partial charge in [0.1, 0.15) is 5.75 Å². The van der Waals surface area contributed by atoms with Crippen LogP contribution in [0.2, 0.25) is 0 Å². The Hall–Kier alpha value is -2.79. The molecule has 33 heavy (non-hydrogen) atoms. The third-order valence-electron chi connectivity index (χ3n) is 4.93. The van der Waals surface area contributed by atoms with Crippen LogP contribution in [0.25, 0.3) is 10.4 Å². The molecule has 0 fully saturated rings. The van der Waals surface area contributed by atoms with Gasteiger partial charge in [0.2, 0.25) is 10.0 Å². The summed E-state index contributed by atoms with van der Waals surface area (Å²) in [5, 5.41) is 25.1. The molecule has 3 rings (SSSR count). The lowest BCUT2D eigenvalue weighted by atomic mass is 9.86. The maximum absolute atomic E-state index is 11.3. The minimum atomic E-state index is -3.75. The van der Waals surface area contributed by atoms with Gasteiger partial charge in [0, 0.05) is 11.1 Å². The monoisotopic (exact) mass is 502 g/mol. The first-order chi connectivity index (χ1) is 15.4. The summed E-state index contributed by atoms with van der Waals surface area (Å²) in [7, 11) is -3.75. The van der Waals surface area contributed by atoms with E-state index in [9.17, 15) is 13.5 Å². The molecular formula is C23H26N4O3S3. The predicted octanol–water partition coefficient (Wildman–Crippen LogP) is 4.78. The molecule has 0 saturated heterocycles. The third-order valence-corrected chi connectivity index (χ3v) is 7.07. The van der Waals surface area contributed by atoms with E-state index in [1.165, 1.54) is 29.0 Å². The fourth-order valence-electron chi connectivity index (χ4n) is 3.02. The largest absolute Gasteiger partial charge is 0.506 e. The third kappa shape index (κ3) is 6.17. The molecule has 1 aromatic heterocycles. The maximum Gasteiger partial charge on any atom is 0.238 e.